The van der Waals surface area contributed by atoms with Crippen LogP contribution in [0.5, 0.6) is 0 Å². The van der Waals surface area contributed by atoms with Gasteiger partial charge in [0.15, 0.2) is 11.5 Å². The molecule has 0 unspecified atom stereocenters. The van der Waals surface area contributed by atoms with E-state index < -0.39 is 5.97 Å². The first-order valence-corrected chi connectivity index (χ1v) is 5.08. The van der Waals surface area contributed by atoms with Crippen LogP contribution in [0.25, 0.3) is 11.1 Å². The number of carboxylic acids is 1. The monoisotopic (exact) mass is 218 g/mol. The molecule has 3 N–H and O–H groups in total. The molecule has 0 radical (unpaired) electrons. The SMILES string of the molecule is Nc1cc(C(=O)O)c2oc(C3CC3)nc2c1. The van der Waals surface area contributed by atoms with Gasteiger partial charge >= 0.3 is 5.97 Å². The summed E-state index contributed by atoms with van der Waals surface area (Å²) >= 11 is 0. The average molecular weight is 218 g/mol. The molecule has 0 spiro atoms. The number of aromatic nitrogens is 1. The Labute approximate surface area is 90.9 Å². The third-order valence-electron chi connectivity index (χ3n) is 2.69. The molecule has 16 heavy (non-hydrogen) atoms. The van der Waals surface area contributed by atoms with Crippen molar-refractivity contribution in [3.05, 3.63) is 23.6 Å². The Morgan fingerprint density at radius 2 is 2.25 bits per heavy atom. The predicted octanol–water partition coefficient (Wildman–Crippen LogP) is 1.99. The lowest BCUT2D eigenvalue weighted by Crippen LogP contribution is -1.98. The average Bonchev–Trinajstić information content (AvgIpc) is 2.98. The van der Waals surface area contributed by atoms with E-state index in [-0.39, 0.29) is 5.56 Å². The molecule has 1 aliphatic carbocycles. The second-order valence-electron chi connectivity index (χ2n) is 4.05. The molecule has 3 rings (SSSR count). The smallest absolute Gasteiger partial charge is 0.339 e. The first kappa shape index (κ1) is 9.21. The zero-order chi connectivity index (χ0) is 11.3. The first-order chi connectivity index (χ1) is 7.65. The number of oxazole rings is 1. The number of carbonyl (C=O) groups is 1. The second-order valence-corrected chi connectivity index (χ2v) is 4.05. The molecular formula is C11H10N2O3. The summed E-state index contributed by atoms with van der Waals surface area (Å²) in [7, 11) is 0. The molecule has 1 aliphatic rings. The summed E-state index contributed by atoms with van der Waals surface area (Å²) < 4.78 is 5.49. The first-order valence-electron chi connectivity index (χ1n) is 5.08. The number of aromatic carboxylic acids is 1. The number of hydrogen-bond donors (Lipinski definition) is 2. The van der Waals surface area contributed by atoms with Gasteiger partial charge in [0.2, 0.25) is 0 Å². The fourth-order valence-electron chi connectivity index (χ4n) is 1.74. The summed E-state index contributed by atoms with van der Waals surface area (Å²) in [6, 6.07) is 3.03. The molecule has 1 aromatic heterocycles. The van der Waals surface area contributed by atoms with Gasteiger partial charge in [-0.25, -0.2) is 9.78 Å². The zero-order valence-corrected chi connectivity index (χ0v) is 8.43. The number of rotatable bonds is 2. The molecule has 0 amide bonds. The van der Waals surface area contributed by atoms with Crippen molar-refractivity contribution in [2.24, 2.45) is 0 Å². The van der Waals surface area contributed by atoms with Gasteiger partial charge in [-0.15, -0.1) is 0 Å². The summed E-state index contributed by atoms with van der Waals surface area (Å²) in [6.07, 6.45) is 2.12. The Morgan fingerprint density at radius 1 is 1.50 bits per heavy atom. The fraction of sp³-hybridized carbons (Fsp3) is 0.273. The lowest BCUT2D eigenvalue weighted by molar-refractivity contribution is 0.0698. The van der Waals surface area contributed by atoms with E-state index in [0.717, 1.165) is 12.8 Å². The zero-order valence-electron chi connectivity index (χ0n) is 8.43. The van der Waals surface area contributed by atoms with Crippen LogP contribution in [0.4, 0.5) is 5.69 Å². The standard InChI is InChI=1S/C11H10N2O3/c12-6-3-7(11(14)15)9-8(4-6)13-10(16-9)5-1-2-5/h3-5H,1-2,12H2,(H,14,15). The normalized spacial score (nSPS) is 15.5. The molecule has 0 aliphatic heterocycles. The van der Waals surface area contributed by atoms with Crippen LogP contribution >= 0.6 is 0 Å². The highest BCUT2D eigenvalue weighted by molar-refractivity contribution is 6.01. The van der Waals surface area contributed by atoms with Crippen molar-refractivity contribution < 1.29 is 14.3 Å². The fourth-order valence-corrected chi connectivity index (χ4v) is 1.74. The van der Waals surface area contributed by atoms with Gasteiger partial charge in [-0.3, -0.25) is 0 Å². The van der Waals surface area contributed by atoms with Crippen molar-refractivity contribution >= 4 is 22.8 Å². The van der Waals surface area contributed by atoms with E-state index in [0.29, 0.717) is 28.6 Å². The Kier molecular flexibility index (Phi) is 1.71. The number of hydrogen-bond acceptors (Lipinski definition) is 4. The van der Waals surface area contributed by atoms with Gasteiger partial charge in [0.1, 0.15) is 11.1 Å². The van der Waals surface area contributed by atoms with Crippen LogP contribution in [0.15, 0.2) is 16.5 Å². The van der Waals surface area contributed by atoms with Gasteiger partial charge in [-0.1, -0.05) is 0 Å². The minimum Gasteiger partial charge on any atom is -0.478 e. The van der Waals surface area contributed by atoms with Gasteiger partial charge in [0.05, 0.1) is 0 Å². The Balaban J connectivity index is 2.27. The highest BCUT2D eigenvalue weighted by Crippen LogP contribution is 2.41. The molecule has 1 fully saturated rings. The number of nitrogen functional groups attached to an aromatic ring is 1. The summed E-state index contributed by atoms with van der Waals surface area (Å²) in [5, 5.41) is 9.03. The molecule has 1 saturated carbocycles. The molecule has 5 nitrogen and oxygen atoms in total. The third kappa shape index (κ3) is 1.32. The number of anilines is 1. The molecule has 0 saturated heterocycles. The second kappa shape index (κ2) is 2.98. The maximum absolute atomic E-state index is 11.0. The van der Waals surface area contributed by atoms with Crippen LogP contribution in [0.1, 0.15) is 35.0 Å². The van der Waals surface area contributed by atoms with Gasteiger partial charge in [-0.05, 0) is 25.0 Å². The van der Waals surface area contributed by atoms with E-state index in [1.165, 1.54) is 6.07 Å². The van der Waals surface area contributed by atoms with Crippen molar-refractivity contribution in [3.8, 4) is 0 Å². The van der Waals surface area contributed by atoms with Gasteiger partial charge in [0, 0.05) is 11.6 Å². The van der Waals surface area contributed by atoms with Crippen LogP contribution in [0.2, 0.25) is 0 Å². The minimum absolute atomic E-state index is 0.0781. The Morgan fingerprint density at radius 3 is 2.88 bits per heavy atom. The van der Waals surface area contributed by atoms with Crippen LogP contribution < -0.4 is 5.73 Å². The summed E-state index contributed by atoms with van der Waals surface area (Å²) in [6.45, 7) is 0. The van der Waals surface area contributed by atoms with Crippen LogP contribution in [0, 0.1) is 0 Å². The lowest BCUT2D eigenvalue weighted by atomic mass is 10.2. The van der Waals surface area contributed by atoms with E-state index in [1.807, 2.05) is 0 Å². The number of benzene rings is 1. The van der Waals surface area contributed by atoms with Crippen molar-refractivity contribution in [2.75, 3.05) is 5.73 Å². The Bertz CT molecular complexity index is 584. The summed E-state index contributed by atoms with van der Waals surface area (Å²) in [5.41, 5.74) is 6.94. The highest BCUT2D eigenvalue weighted by Gasteiger charge is 2.29. The molecule has 82 valence electrons. The Hall–Kier alpha value is -2.04. The third-order valence-corrected chi connectivity index (χ3v) is 2.69. The topological polar surface area (TPSA) is 89.4 Å². The van der Waals surface area contributed by atoms with Crippen molar-refractivity contribution in [2.45, 2.75) is 18.8 Å². The summed E-state index contributed by atoms with van der Waals surface area (Å²) in [5.74, 6) is -0.0610. The molecule has 0 bridgehead atoms. The minimum atomic E-state index is -1.05. The van der Waals surface area contributed by atoms with Crippen LogP contribution in [0.3, 0.4) is 0 Å². The number of fused-ring (bicyclic) bond motifs is 1. The lowest BCUT2D eigenvalue weighted by Gasteiger charge is -1.96. The van der Waals surface area contributed by atoms with Gasteiger partial charge < -0.3 is 15.3 Å². The largest absolute Gasteiger partial charge is 0.478 e. The molecule has 2 aromatic rings. The van der Waals surface area contributed by atoms with E-state index in [9.17, 15) is 4.79 Å². The maximum Gasteiger partial charge on any atom is 0.339 e. The van der Waals surface area contributed by atoms with E-state index in [1.54, 1.807) is 6.07 Å². The number of nitrogens with two attached hydrogens (primary N) is 1. The molecule has 1 aromatic carbocycles. The van der Waals surface area contributed by atoms with E-state index >= 15 is 0 Å². The van der Waals surface area contributed by atoms with Gasteiger partial charge in [-0.2, -0.15) is 0 Å². The number of nitrogens with zero attached hydrogens (tertiary/aromatic N) is 1. The molecule has 5 heteroatoms. The van der Waals surface area contributed by atoms with Crippen LogP contribution in [-0.4, -0.2) is 16.1 Å². The maximum atomic E-state index is 11.0. The highest BCUT2D eigenvalue weighted by atomic mass is 16.4. The molecule has 1 heterocycles. The van der Waals surface area contributed by atoms with Crippen molar-refractivity contribution in [1.82, 2.24) is 4.98 Å². The quantitative estimate of drug-likeness (QED) is 0.752. The van der Waals surface area contributed by atoms with E-state index in [4.69, 9.17) is 15.3 Å². The molecule has 0 atom stereocenters. The van der Waals surface area contributed by atoms with Crippen LogP contribution in [-0.2, 0) is 0 Å². The molecular weight excluding hydrogens is 208 g/mol. The summed E-state index contributed by atoms with van der Waals surface area (Å²) in [4.78, 5) is 15.3. The number of carboxylic acid groups (broad SMARTS) is 1. The van der Waals surface area contributed by atoms with Crippen molar-refractivity contribution in [3.63, 3.8) is 0 Å². The van der Waals surface area contributed by atoms with Crippen molar-refractivity contribution in [1.29, 1.82) is 0 Å². The van der Waals surface area contributed by atoms with E-state index in [2.05, 4.69) is 4.98 Å². The van der Waals surface area contributed by atoms with Gasteiger partial charge in [0.25, 0.3) is 0 Å². The predicted molar refractivity (Wildman–Crippen MR) is 57.4 cm³/mol.